The fourth-order valence-electron chi connectivity index (χ4n) is 2.94. The molecule has 26 heavy (non-hydrogen) atoms. The molecule has 1 atom stereocenters. The third-order valence-electron chi connectivity index (χ3n) is 4.23. The molecule has 10 heteroatoms. The Morgan fingerprint density at radius 2 is 1.96 bits per heavy atom. The molecule has 2 heterocycles. The largest absolute Gasteiger partial charge is 0.278 e. The molecule has 0 aliphatic carbocycles. The average molecular weight is 364 g/mol. The summed E-state index contributed by atoms with van der Waals surface area (Å²) in [6, 6.07) is 1.13. The summed E-state index contributed by atoms with van der Waals surface area (Å²) in [5.74, 6) is -4.05. The van der Waals surface area contributed by atoms with Crippen LogP contribution in [0.2, 0.25) is 0 Å². The van der Waals surface area contributed by atoms with Gasteiger partial charge in [0.15, 0.2) is 0 Å². The first-order valence-electron chi connectivity index (χ1n) is 7.70. The molecule has 0 bridgehead atoms. The number of benzene rings is 1. The number of nitrogens with zero attached hydrogens (tertiary/aromatic N) is 4. The molecule has 0 radical (unpaired) electrons. The molecule has 0 N–H and O–H groups in total. The maximum Gasteiger partial charge on any atom is 0.275 e. The number of rotatable bonds is 5. The van der Waals surface area contributed by atoms with Gasteiger partial charge in [-0.1, -0.05) is 0 Å². The van der Waals surface area contributed by atoms with Crippen molar-refractivity contribution in [3.05, 3.63) is 57.4 Å². The highest BCUT2D eigenvalue weighted by Gasteiger charge is 2.39. The lowest BCUT2D eigenvalue weighted by atomic mass is 10.0. The van der Waals surface area contributed by atoms with Crippen molar-refractivity contribution in [2.24, 2.45) is 13.0 Å². The summed E-state index contributed by atoms with van der Waals surface area (Å²) < 4.78 is 29.6. The summed E-state index contributed by atoms with van der Waals surface area (Å²) in [4.78, 5) is 35.1. The lowest BCUT2D eigenvalue weighted by Crippen LogP contribution is -2.31. The van der Waals surface area contributed by atoms with Crippen molar-refractivity contribution in [1.29, 1.82) is 0 Å². The monoisotopic (exact) mass is 364 g/mol. The van der Waals surface area contributed by atoms with E-state index in [2.05, 4.69) is 5.10 Å². The van der Waals surface area contributed by atoms with Crippen LogP contribution >= 0.6 is 0 Å². The molecule has 2 aromatic rings. The minimum atomic E-state index is -1.17. The number of imide groups is 1. The molecule has 2 amide bonds. The minimum absolute atomic E-state index is 0.0655. The van der Waals surface area contributed by atoms with Crippen LogP contribution in [0.4, 0.5) is 14.5 Å². The number of non-ortho nitro benzene ring substituents is 1. The van der Waals surface area contributed by atoms with E-state index in [9.17, 15) is 28.5 Å². The first-order chi connectivity index (χ1) is 12.3. The SMILES string of the molecule is Cn1cc(CC2CC(=O)N(Cc3c(F)cc([N+](=O)[O-])cc3F)C2=O)cn1. The van der Waals surface area contributed by atoms with Crippen LogP contribution in [-0.2, 0) is 29.6 Å². The van der Waals surface area contributed by atoms with Crippen LogP contribution < -0.4 is 0 Å². The molecular formula is C16H14F2N4O4. The first-order valence-corrected chi connectivity index (χ1v) is 7.70. The number of aryl methyl sites for hydroxylation is 1. The summed E-state index contributed by atoms with van der Waals surface area (Å²) in [5.41, 5.74) is -0.523. The minimum Gasteiger partial charge on any atom is -0.278 e. The number of halogens is 2. The van der Waals surface area contributed by atoms with Gasteiger partial charge in [0.05, 0.1) is 35.7 Å². The van der Waals surface area contributed by atoms with Gasteiger partial charge in [-0.25, -0.2) is 8.78 Å². The van der Waals surface area contributed by atoms with Crippen LogP contribution in [0.5, 0.6) is 0 Å². The van der Waals surface area contributed by atoms with Gasteiger partial charge < -0.3 is 0 Å². The van der Waals surface area contributed by atoms with Crippen molar-refractivity contribution in [1.82, 2.24) is 14.7 Å². The smallest absolute Gasteiger partial charge is 0.275 e. The average Bonchev–Trinajstić information content (AvgIpc) is 3.08. The summed E-state index contributed by atoms with van der Waals surface area (Å²) in [6.07, 6.45) is 3.52. The lowest BCUT2D eigenvalue weighted by Gasteiger charge is -2.16. The zero-order chi connectivity index (χ0) is 19.0. The van der Waals surface area contributed by atoms with Gasteiger partial charge in [-0.05, 0) is 12.0 Å². The molecule has 1 aliphatic heterocycles. The second-order valence-electron chi connectivity index (χ2n) is 6.09. The summed E-state index contributed by atoms with van der Waals surface area (Å²) in [7, 11) is 1.72. The van der Waals surface area contributed by atoms with Crippen LogP contribution in [0, 0.1) is 27.7 Å². The quantitative estimate of drug-likeness (QED) is 0.457. The first kappa shape index (κ1) is 17.6. The van der Waals surface area contributed by atoms with Crippen molar-refractivity contribution in [3.8, 4) is 0 Å². The van der Waals surface area contributed by atoms with Gasteiger partial charge in [-0.15, -0.1) is 0 Å². The Kier molecular flexibility index (Phi) is 4.49. The molecule has 8 nitrogen and oxygen atoms in total. The van der Waals surface area contributed by atoms with E-state index in [4.69, 9.17) is 0 Å². The number of nitro benzene ring substituents is 1. The molecule has 1 aromatic heterocycles. The van der Waals surface area contributed by atoms with E-state index in [1.54, 1.807) is 24.1 Å². The molecule has 3 rings (SSSR count). The Labute approximate surface area is 146 Å². The summed E-state index contributed by atoms with van der Waals surface area (Å²) in [5, 5.41) is 14.6. The van der Waals surface area contributed by atoms with Gasteiger partial charge in [-0.3, -0.25) is 29.3 Å². The van der Waals surface area contributed by atoms with Crippen molar-refractivity contribution < 1.29 is 23.3 Å². The third kappa shape index (κ3) is 3.30. The van der Waals surface area contributed by atoms with E-state index in [1.165, 1.54) is 0 Å². The van der Waals surface area contributed by atoms with Gasteiger partial charge in [0.2, 0.25) is 11.8 Å². The van der Waals surface area contributed by atoms with Crippen molar-refractivity contribution in [2.45, 2.75) is 19.4 Å². The Bertz CT molecular complexity index is 888. The van der Waals surface area contributed by atoms with E-state index in [0.29, 0.717) is 18.6 Å². The number of nitro groups is 1. The van der Waals surface area contributed by atoms with Crippen LogP contribution in [0.1, 0.15) is 17.5 Å². The zero-order valence-corrected chi connectivity index (χ0v) is 13.7. The highest BCUT2D eigenvalue weighted by molar-refractivity contribution is 6.03. The van der Waals surface area contributed by atoms with Gasteiger partial charge in [0.25, 0.3) is 5.69 Å². The molecule has 1 unspecified atom stereocenters. The van der Waals surface area contributed by atoms with Crippen LogP contribution in [0.25, 0.3) is 0 Å². The molecule has 136 valence electrons. The Morgan fingerprint density at radius 1 is 1.31 bits per heavy atom. The number of aromatic nitrogens is 2. The maximum absolute atomic E-state index is 14.0. The molecule has 1 saturated heterocycles. The Balaban J connectivity index is 1.79. The molecule has 1 aromatic carbocycles. The van der Waals surface area contributed by atoms with E-state index in [1.807, 2.05) is 0 Å². The number of hydrogen-bond acceptors (Lipinski definition) is 5. The van der Waals surface area contributed by atoms with Gasteiger partial charge in [0.1, 0.15) is 11.6 Å². The second kappa shape index (κ2) is 6.62. The number of amides is 2. The topological polar surface area (TPSA) is 98.3 Å². The number of likely N-dealkylation sites (tertiary alicyclic amines) is 1. The van der Waals surface area contributed by atoms with E-state index >= 15 is 0 Å². The van der Waals surface area contributed by atoms with Crippen molar-refractivity contribution in [2.75, 3.05) is 0 Å². The van der Waals surface area contributed by atoms with Crippen molar-refractivity contribution >= 4 is 17.5 Å². The highest BCUT2D eigenvalue weighted by Crippen LogP contribution is 2.28. The zero-order valence-electron chi connectivity index (χ0n) is 13.7. The van der Waals surface area contributed by atoms with Crippen LogP contribution in [0.3, 0.4) is 0 Å². The Morgan fingerprint density at radius 3 is 2.50 bits per heavy atom. The second-order valence-corrected chi connectivity index (χ2v) is 6.09. The van der Waals surface area contributed by atoms with E-state index < -0.39 is 52.1 Å². The normalized spacial score (nSPS) is 17.2. The molecular weight excluding hydrogens is 350 g/mol. The van der Waals surface area contributed by atoms with Gasteiger partial charge in [-0.2, -0.15) is 5.10 Å². The van der Waals surface area contributed by atoms with Crippen LogP contribution in [-0.4, -0.2) is 31.4 Å². The molecule has 0 saturated carbocycles. The molecule has 1 aliphatic rings. The predicted octanol–water partition coefficient (Wildman–Crippen LogP) is 1.72. The fraction of sp³-hybridized carbons (Fsp3) is 0.312. The number of carbonyl (C=O) groups excluding carboxylic acids is 2. The Hall–Kier alpha value is -3.17. The summed E-state index contributed by atoms with van der Waals surface area (Å²) in [6.45, 7) is -0.600. The predicted molar refractivity (Wildman–Crippen MR) is 83.6 cm³/mol. The standard InChI is InChI=1S/C16H14F2N4O4/c1-20-7-9(6-19-20)2-10-3-15(23)21(16(10)24)8-12-13(17)4-11(22(25)26)5-14(12)18/h4-7,10H,2-3,8H2,1H3. The van der Waals surface area contributed by atoms with Crippen molar-refractivity contribution in [3.63, 3.8) is 0 Å². The lowest BCUT2D eigenvalue weighted by molar-refractivity contribution is -0.385. The van der Waals surface area contributed by atoms with E-state index in [0.717, 1.165) is 10.5 Å². The molecule has 0 spiro atoms. The number of hydrogen-bond donors (Lipinski definition) is 0. The number of carbonyl (C=O) groups is 2. The van der Waals surface area contributed by atoms with E-state index in [-0.39, 0.29) is 6.42 Å². The summed E-state index contributed by atoms with van der Waals surface area (Å²) >= 11 is 0. The third-order valence-corrected chi connectivity index (χ3v) is 4.23. The van der Waals surface area contributed by atoms with Gasteiger partial charge in [0, 0.05) is 25.2 Å². The molecule has 1 fully saturated rings. The maximum atomic E-state index is 14.0. The van der Waals surface area contributed by atoms with Crippen LogP contribution in [0.15, 0.2) is 24.5 Å². The fourth-order valence-corrected chi connectivity index (χ4v) is 2.94. The van der Waals surface area contributed by atoms with Gasteiger partial charge >= 0.3 is 0 Å². The highest BCUT2D eigenvalue weighted by atomic mass is 19.1.